The average molecular weight is 287 g/mol. The predicted octanol–water partition coefficient (Wildman–Crippen LogP) is 1.70. The van der Waals surface area contributed by atoms with Crippen LogP contribution in [0.25, 0.3) is 0 Å². The Bertz CT molecular complexity index is 499. The molecular weight excluding hydrogens is 265 g/mol. The molecule has 21 heavy (non-hydrogen) atoms. The molecule has 1 aliphatic rings. The highest BCUT2D eigenvalue weighted by Crippen LogP contribution is 2.32. The molecule has 1 saturated heterocycles. The summed E-state index contributed by atoms with van der Waals surface area (Å²) in [4.78, 5) is 13.7. The minimum Gasteiger partial charge on any atom is -0.444 e. The summed E-state index contributed by atoms with van der Waals surface area (Å²) in [6.07, 6.45) is 0.675. The molecule has 1 aromatic rings. The zero-order valence-corrected chi connectivity index (χ0v) is 12.9. The number of carbonyl (C=O) groups is 1. The molecule has 1 aromatic carbocycles. The second-order valence-electron chi connectivity index (χ2n) is 6.62. The third-order valence-corrected chi connectivity index (χ3v) is 3.69. The first-order valence-corrected chi connectivity index (χ1v) is 7.26. The van der Waals surface area contributed by atoms with Crippen molar-refractivity contribution in [2.24, 2.45) is 0 Å². The Labute approximate surface area is 127 Å². The largest absolute Gasteiger partial charge is 0.444 e. The Morgan fingerprint density at radius 1 is 1.24 bits per heavy atom. The highest BCUT2D eigenvalue weighted by atomic mass is 16.6. The van der Waals surface area contributed by atoms with E-state index in [4.69, 9.17) is 12.6 Å². The van der Waals surface area contributed by atoms with Crippen LogP contribution >= 0.6 is 0 Å². The summed E-state index contributed by atoms with van der Waals surface area (Å²) in [6.45, 7) is 6.50. The Morgan fingerprint density at radius 3 is 2.24 bits per heavy atom. The van der Waals surface area contributed by atoms with E-state index in [1.165, 1.54) is 0 Å². The number of nitrogens with zero attached hydrogens (tertiary/aromatic N) is 1. The third kappa shape index (κ3) is 4.00. The quantitative estimate of drug-likeness (QED) is 0.800. The lowest BCUT2D eigenvalue weighted by molar-refractivity contribution is -0.0356. The van der Waals surface area contributed by atoms with Gasteiger partial charge in [-0.3, -0.25) is 0 Å². The van der Waals surface area contributed by atoms with Gasteiger partial charge >= 0.3 is 6.09 Å². The summed E-state index contributed by atoms with van der Waals surface area (Å²) in [5.74, 6) is 0. The van der Waals surface area contributed by atoms with Gasteiger partial charge in [-0.25, -0.2) is 4.79 Å². The van der Waals surface area contributed by atoms with E-state index in [1.54, 1.807) is 17.0 Å². The SMILES string of the molecule is [B]c1ccc(C2(O)CCN(C(=O)OC(C)(C)C)CC2)cc1. The lowest BCUT2D eigenvalue weighted by atomic mass is 9.83. The standard InChI is InChI=1S/C16H22BNO3/c1-15(2,3)21-14(19)18-10-8-16(20,9-11-18)12-4-6-13(17)7-5-12/h4-7,20H,8-11H2,1-3H3. The molecule has 5 heteroatoms. The topological polar surface area (TPSA) is 49.8 Å². The van der Waals surface area contributed by atoms with E-state index in [-0.39, 0.29) is 6.09 Å². The van der Waals surface area contributed by atoms with Crippen molar-refractivity contribution in [3.63, 3.8) is 0 Å². The van der Waals surface area contributed by atoms with E-state index in [0.717, 1.165) is 5.56 Å². The van der Waals surface area contributed by atoms with Crippen LogP contribution in [-0.4, -0.2) is 42.6 Å². The van der Waals surface area contributed by atoms with Crippen LogP contribution in [0.3, 0.4) is 0 Å². The van der Waals surface area contributed by atoms with E-state index >= 15 is 0 Å². The van der Waals surface area contributed by atoms with Crippen LogP contribution in [0.4, 0.5) is 4.79 Å². The highest BCUT2D eigenvalue weighted by molar-refractivity contribution is 6.32. The molecule has 0 saturated carbocycles. The Balaban J connectivity index is 1.99. The Morgan fingerprint density at radius 2 is 1.76 bits per heavy atom. The summed E-state index contributed by atoms with van der Waals surface area (Å²) in [5, 5.41) is 10.7. The molecule has 0 unspecified atom stereocenters. The number of rotatable bonds is 1. The van der Waals surface area contributed by atoms with Crippen LogP contribution in [0.2, 0.25) is 0 Å². The smallest absolute Gasteiger partial charge is 0.410 e. The molecule has 112 valence electrons. The number of hydrogen-bond donors (Lipinski definition) is 1. The third-order valence-electron chi connectivity index (χ3n) is 3.69. The van der Waals surface area contributed by atoms with Crippen LogP contribution in [0.5, 0.6) is 0 Å². The highest BCUT2D eigenvalue weighted by Gasteiger charge is 2.36. The number of piperidine rings is 1. The van der Waals surface area contributed by atoms with Crippen molar-refractivity contribution in [2.75, 3.05) is 13.1 Å². The lowest BCUT2D eigenvalue weighted by Gasteiger charge is -2.39. The van der Waals surface area contributed by atoms with Crippen LogP contribution in [-0.2, 0) is 10.3 Å². The van der Waals surface area contributed by atoms with E-state index in [1.807, 2.05) is 32.9 Å². The molecule has 2 radical (unpaired) electrons. The van der Waals surface area contributed by atoms with Crippen LogP contribution in [0.15, 0.2) is 24.3 Å². The van der Waals surface area contributed by atoms with Crippen LogP contribution in [0.1, 0.15) is 39.2 Å². The molecule has 0 aliphatic carbocycles. The van der Waals surface area contributed by atoms with Crippen molar-refractivity contribution in [1.82, 2.24) is 4.90 Å². The van der Waals surface area contributed by atoms with Crippen molar-refractivity contribution in [1.29, 1.82) is 0 Å². The average Bonchev–Trinajstić information content (AvgIpc) is 2.38. The summed E-state index contributed by atoms with van der Waals surface area (Å²) < 4.78 is 5.36. The van der Waals surface area contributed by atoms with Gasteiger partial charge in [-0.1, -0.05) is 29.7 Å². The second kappa shape index (κ2) is 5.72. The number of carbonyl (C=O) groups excluding carboxylic acids is 1. The van der Waals surface area contributed by atoms with E-state index in [0.29, 0.717) is 31.4 Å². The minimum atomic E-state index is -0.897. The molecular formula is C16H22BNO3. The van der Waals surface area contributed by atoms with Gasteiger partial charge in [0.25, 0.3) is 0 Å². The fraction of sp³-hybridized carbons (Fsp3) is 0.562. The summed E-state index contributed by atoms with van der Waals surface area (Å²) in [7, 11) is 5.67. The monoisotopic (exact) mass is 287 g/mol. The number of benzene rings is 1. The number of ether oxygens (including phenoxy) is 1. The Kier molecular flexibility index (Phi) is 4.33. The minimum absolute atomic E-state index is 0.318. The predicted molar refractivity (Wildman–Crippen MR) is 82.8 cm³/mol. The van der Waals surface area contributed by atoms with Gasteiger partial charge in [0, 0.05) is 13.1 Å². The second-order valence-corrected chi connectivity index (χ2v) is 6.62. The first-order chi connectivity index (χ1) is 9.70. The van der Waals surface area contributed by atoms with Gasteiger partial charge in [0.1, 0.15) is 13.4 Å². The summed E-state index contributed by atoms with van der Waals surface area (Å²) >= 11 is 0. The summed E-state index contributed by atoms with van der Waals surface area (Å²) in [6, 6.07) is 7.26. The van der Waals surface area contributed by atoms with Crippen molar-refractivity contribution in [3.05, 3.63) is 29.8 Å². The van der Waals surface area contributed by atoms with Crippen molar-refractivity contribution in [2.45, 2.75) is 44.8 Å². The summed E-state index contributed by atoms with van der Waals surface area (Å²) in [5.41, 5.74) is 0.127. The van der Waals surface area contributed by atoms with Crippen molar-refractivity contribution < 1.29 is 14.6 Å². The molecule has 2 rings (SSSR count). The zero-order valence-electron chi connectivity index (χ0n) is 12.9. The van der Waals surface area contributed by atoms with Gasteiger partial charge in [0.15, 0.2) is 0 Å². The lowest BCUT2D eigenvalue weighted by Crippen LogP contribution is -2.46. The number of aliphatic hydroxyl groups is 1. The van der Waals surface area contributed by atoms with Gasteiger partial charge < -0.3 is 14.7 Å². The molecule has 1 aliphatic heterocycles. The van der Waals surface area contributed by atoms with Gasteiger partial charge in [-0.2, -0.15) is 0 Å². The maximum absolute atomic E-state index is 12.0. The fourth-order valence-electron chi connectivity index (χ4n) is 2.47. The maximum atomic E-state index is 12.0. The number of hydrogen-bond acceptors (Lipinski definition) is 3. The normalized spacial score (nSPS) is 18.4. The van der Waals surface area contributed by atoms with Gasteiger partial charge in [0.2, 0.25) is 0 Å². The van der Waals surface area contributed by atoms with Gasteiger partial charge in [-0.05, 0) is 39.2 Å². The maximum Gasteiger partial charge on any atom is 0.410 e. The Hall–Kier alpha value is -1.49. The molecule has 1 fully saturated rings. The van der Waals surface area contributed by atoms with E-state index < -0.39 is 11.2 Å². The number of likely N-dealkylation sites (tertiary alicyclic amines) is 1. The molecule has 0 bridgehead atoms. The van der Waals surface area contributed by atoms with E-state index in [9.17, 15) is 9.90 Å². The molecule has 0 spiro atoms. The van der Waals surface area contributed by atoms with Crippen molar-refractivity contribution in [3.8, 4) is 0 Å². The molecule has 1 heterocycles. The van der Waals surface area contributed by atoms with Crippen LogP contribution < -0.4 is 5.46 Å². The van der Waals surface area contributed by atoms with E-state index in [2.05, 4.69) is 0 Å². The fourth-order valence-corrected chi connectivity index (χ4v) is 2.47. The molecule has 0 aromatic heterocycles. The molecule has 4 nitrogen and oxygen atoms in total. The molecule has 0 atom stereocenters. The first-order valence-electron chi connectivity index (χ1n) is 7.26. The number of amides is 1. The van der Waals surface area contributed by atoms with Crippen molar-refractivity contribution >= 4 is 19.4 Å². The zero-order chi connectivity index (χ0) is 15.7. The molecule has 1 N–H and O–H groups in total. The van der Waals surface area contributed by atoms with Gasteiger partial charge in [-0.15, -0.1) is 0 Å². The molecule has 1 amide bonds. The first kappa shape index (κ1) is 15.9. The van der Waals surface area contributed by atoms with Crippen LogP contribution in [0, 0.1) is 0 Å². The van der Waals surface area contributed by atoms with Gasteiger partial charge in [0.05, 0.1) is 5.60 Å².